The zero-order valence-corrected chi connectivity index (χ0v) is 10.9. The van der Waals surface area contributed by atoms with Gasteiger partial charge in [-0.2, -0.15) is 0 Å². The Morgan fingerprint density at radius 2 is 2.17 bits per heavy atom. The van der Waals surface area contributed by atoms with Gasteiger partial charge in [-0.25, -0.2) is 0 Å². The molecular weight excluding hydrogens is 232 g/mol. The third kappa shape index (κ3) is 0.793. The van der Waals surface area contributed by atoms with Gasteiger partial charge in [0.15, 0.2) is 0 Å². The minimum Gasteiger partial charge on any atom is -0.456 e. The molecule has 4 fully saturated rings. The molecule has 0 amide bonds. The molecule has 1 N–H and O–H groups in total. The number of fused-ring (bicyclic) bond motifs is 1. The SMILES string of the molecule is CC1(C)OC(=O)[C@]2(CO)[C@H]3CCC[C@H]4CO[C@@]12[C@H]43. The molecule has 4 aliphatic rings. The molecule has 18 heavy (non-hydrogen) atoms. The van der Waals surface area contributed by atoms with E-state index in [2.05, 4.69) is 0 Å². The molecule has 0 aromatic rings. The van der Waals surface area contributed by atoms with Crippen LogP contribution in [-0.4, -0.2) is 35.5 Å². The number of hydrogen-bond acceptors (Lipinski definition) is 4. The van der Waals surface area contributed by atoms with E-state index in [9.17, 15) is 9.90 Å². The van der Waals surface area contributed by atoms with Crippen molar-refractivity contribution in [1.29, 1.82) is 0 Å². The third-order valence-corrected chi connectivity index (χ3v) is 6.18. The fourth-order valence-corrected chi connectivity index (χ4v) is 5.70. The van der Waals surface area contributed by atoms with Crippen molar-refractivity contribution in [2.45, 2.75) is 44.3 Å². The Kier molecular flexibility index (Phi) is 1.83. The van der Waals surface area contributed by atoms with Crippen LogP contribution in [0.4, 0.5) is 0 Å². The third-order valence-electron chi connectivity index (χ3n) is 6.18. The van der Waals surface area contributed by atoms with E-state index in [0.29, 0.717) is 11.8 Å². The lowest BCUT2D eigenvalue weighted by Gasteiger charge is -2.64. The Balaban J connectivity index is 1.92. The van der Waals surface area contributed by atoms with Gasteiger partial charge in [-0.15, -0.1) is 0 Å². The number of carbonyl (C=O) groups is 1. The Morgan fingerprint density at radius 1 is 1.39 bits per heavy atom. The van der Waals surface area contributed by atoms with E-state index >= 15 is 0 Å². The molecule has 1 spiro atoms. The van der Waals surface area contributed by atoms with Crippen molar-refractivity contribution in [3.8, 4) is 0 Å². The van der Waals surface area contributed by atoms with Gasteiger partial charge in [-0.05, 0) is 38.5 Å². The summed E-state index contributed by atoms with van der Waals surface area (Å²) in [5.74, 6) is 0.980. The predicted molar refractivity (Wildman–Crippen MR) is 62.7 cm³/mol. The van der Waals surface area contributed by atoms with Crippen LogP contribution < -0.4 is 0 Å². The van der Waals surface area contributed by atoms with Crippen LogP contribution in [0.3, 0.4) is 0 Å². The molecular formula is C14H20O4. The van der Waals surface area contributed by atoms with Gasteiger partial charge in [0.1, 0.15) is 16.6 Å². The molecule has 2 aliphatic heterocycles. The van der Waals surface area contributed by atoms with Crippen LogP contribution in [-0.2, 0) is 14.3 Å². The Labute approximate surface area is 107 Å². The molecule has 0 aromatic carbocycles. The van der Waals surface area contributed by atoms with Crippen LogP contribution in [0.25, 0.3) is 0 Å². The molecule has 0 aromatic heterocycles. The van der Waals surface area contributed by atoms with Crippen LogP contribution >= 0.6 is 0 Å². The van der Waals surface area contributed by atoms with Crippen LogP contribution in [0.1, 0.15) is 33.1 Å². The smallest absolute Gasteiger partial charge is 0.318 e. The number of aliphatic hydroxyl groups is 1. The molecule has 5 atom stereocenters. The highest BCUT2D eigenvalue weighted by Gasteiger charge is 2.89. The van der Waals surface area contributed by atoms with Gasteiger partial charge < -0.3 is 14.6 Å². The van der Waals surface area contributed by atoms with Crippen molar-refractivity contribution in [3.05, 3.63) is 0 Å². The van der Waals surface area contributed by atoms with Crippen molar-refractivity contribution in [3.63, 3.8) is 0 Å². The second kappa shape index (κ2) is 2.93. The van der Waals surface area contributed by atoms with Crippen LogP contribution in [0.2, 0.25) is 0 Å². The Hall–Kier alpha value is -0.610. The maximum absolute atomic E-state index is 12.4. The molecule has 4 rings (SSSR count). The summed E-state index contributed by atoms with van der Waals surface area (Å²) in [6.07, 6.45) is 3.35. The highest BCUT2D eigenvalue weighted by atomic mass is 16.6. The average molecular weight is 252 g/mol. The lowest BCUT2D eigenvalue weighted by Crippen LogP contribution is -2.76. The van der Waals surface area contributed by atoms with Crippen LogP contribution in [0.5, 0.6) is 0 Å². The first-order valence-corrected chi connectivity index (χ1v) is 6.99. The Morgan fingerprint density at radius 3 is 2.89 bits per heavy atom. The first-order chi connectivity index (χ1) is 8.51. The van der Waals surface area contributed by atoms with Gasteiger partial charge in [0, 0.05) is 5.92 Å². The van der Waals surface area contributed by atoms with Gasteiger partial charge in [-0.3, -0.25) is 4.79 Å². The van der Waals surface area contributed by atoms with E-state index in [1.165, 1.54) is 6.42 Å². The summed E-state index contributed by atoms with van der Waals surface area (Å²) in [6, 6.07) is 0. The van der Waals surface area contributed by atoms with Crippen molar-refractivity contribution < 1.29 is 19.4 Å². The number of esters is 1. The van der Waals surface area contributed by atoms with Crippen LogP contribution in [0, 0.1) is 23.2 Å². The van der Waals surface area contributed by atoms with Crippen molar-refractivity contribution in [1.82, 2.24) is 0 Å². The topological polar surface area (TPSA) is 55.8 Å². The lowest BCUT2D eigenvalue weighted by atomic mass is 9.38. The maximum Gasteiger partial charge on any atom is 0.318 e. The summed E-state index contributed by atoms with van der Waals surface area (Å²) < 4.78 is 11.8. The lowest BCUT2D eigenvalue weighted by molar-refractivity contribution is -0.269. The standard InChI is InChI=1S/C14H20O4/c1-12(2)14-10-8(6-17-14)4-3-5-9(10)13(14,7-15)11(16)18-12/h8-10,15H,3-7H2,1-2H3/t8-,9-,10+,13-,14-/m0/s1. The number of cyclic esters (lactones) is 1. The largest absolute Gasteiger partial charge is 0.456 e. The minimum absolute atomic E-state index is 0.136. The summed E-state index contributed by atoms with van der Waals surface area (Å²) in [6.45, 7) is 4.47. The zero-order chi connectivity index (χ0) is 12.8. The van der Waals surface area contributed by atoms with Crippen LogP contribution in [0.15, 0.2) is 0 Å². The number of aliphatic hydroxyl groups excluding tert-OH is 1. The number of hydrogen-bond donors (Lipinski definition) is 1. The molecule has 0 unspecified atom stereocenters. The first kappa shape index (κ1) is 11.2. The molecule has 2 aliphatic carbocycles. The highest BCUT2D eigenvalue weighted by molar-refractivity contribution is 5.85. The van der Waals surface area contributed by atoms with Crippen molar-refractivity contribution in [2.24, 2.45) is 23.2 Å². The van der Waals surface area contributed by atoms with Gasteiger partial charge in [0.05, 0.1) is 13.2 Å². The van der Waals surface area contributed by atoms with Crippen molar-refractivity contribution >= 4 is 5.97 Å². The van der Waals surface area contributed by atoms with E-state index in [0.717, 1.165) is 19.4 Å². The monoisotopic (exact) mass is 252 g/mol. The zero-order valence-electron chi connectivity index (χ0n) is 10.9. The fourth-order valence-electron chi connectivity index (χ4n) is 5.70. The van der Waals surface area contributed by atoms with E-state index < -0.39 is 16.6 Å². The fraction of sp³-hybridized carbons (Fsp3) is 0.929. The maximum atomic E-state index is 12.4. The molecule has 2 heterocycles. The van der Waals surface area contributed by atoms with E-state index in [1.807, 2.05) is 13.8 Å². The van der Waals surface area contributed by atoms with E-state index in [-0.39, 0.29) is 18.5 Å². The highest BCUT2D eigenvalue weighted by Crippen LogP contribution is 2.76. The van der Waals surface area contributed by atoms with Gasteiger partial charge in [0.2, 0.25) is 0 Å². The van der Waals surface area contributed by atoms with E-state index in [4.69, 9.17) is 9.47 Å². The first-order valence-electron chi connectivity index (χ1n) is 6.99. The number of carbonyl (C=O) groups excluding carboxylic acids is 1. The second-order valence-corrected chi connectivity index (χ2v) is 6.90. The summed E-state index contributed by atoms with van der Waals surface area (Å²) in [4.78, 5) is 12.4. The number of rotatable bonds is 1. The molecule has 4 heteroatoms. The van der Waals surface area contributed by atoms with Gasteiger partial charge in [0.25, 0.3) is 0 Å². The minimum atomic E-state index is -0.781. The molecule has 0 bridgehead atoms. The molecule has 100 valence electrons. The number of ether oxygens (including phenoxy) is 2. The summed E-state index contributed by atoms with van der Waals surface area (Å²) in [5.41, 5.74) is -1.96. The predicted octanol–water partition coefficient (Wildman–Crippen LogP) is 1.12. The molecule has 2 saturated heterocycles. The normalized spacial score (nSPS) is 55.5. The summed E-state index contributed by atoms with van der Waals surface area (Å²) in [5, 5.41) is 9.92. The van der Waals surface area contributed by atoms with Gasteiger partial charge in [-0.1, -0.05) is 6.42 Å². The van der Waals surface area contributed by atoms with Gasteiger partial charge >= 0.3 is 5.97 Å². The summed E-state index contributed by atoms with van der Waals surface area (Å²) in [7, 11) is 0. The molecule has 2 saturated carbocycles. The Bertz CT molecular complexity index is 432. The average Bonchev–Trinajstić information content (AvgIpc) is 2.73. The molecule has 0 radical (unpaired) electrons. The van der Waals surface area contributed by atoms with E-state index in [1.54, 1.807) is 0 Å². The summed E-state index contributed by atoms with van der Waals surface area (Å²) >= 11 is 0. The molecule has 4 nitrogen and oxygen atoms in total. The second-order valence-electron chi connectivity index (χ2n) is 6.90. The van der Waals surface area contributed by atoms with Crippen molar-refractivity contribution in [2.75, 3.05) is 13.2 Å². The quantitative estimate of drug-likeness (QED) is 0.710.